The molecule has 3 N–H and O–H groups in total. The van der Waals surface area contributed by atoms with Gasteiger partial charge in [0.25, 0.3) is 0 Å². The second-order valence-corrected chi connectivity index (χ2v) is 3.65. The molecule has 0 saturated heterocycles. The van der Waals surface area contributed by atoms with Crippen LogP contribution < -0.4 is 10.5 Å². The first kappa shape index (κ1) is 10.1. The quantitative estimate of drug-likeness (QED) is 0.803. The van der Waals surface area contributed by atoms with Gasteiger partial charge in [0.2, 0.25) is 0 Å². The number of ether oxygens (including phenoxy) is 1. The monoisotopic (exact) mass is 204 g/mol. The molecule has 1 aromatic heterocycles. The summed E-state index contributed by atoms with van der Waals surface area (Å²) < 4.78 is 5.31. The Balaban J connectivity index is 2.64. The molecule has 2 aromatic rings. The van der Waals surface area contributed by atoms with E-state index >= 15 is 0 Å². The summed E-state index contributed by atoms with van der Waals surface area (Å²) in [6, 6.07) is 6.07. The van der Waals surface area contributed by atoms with Gasteiger partial charge in [0.1, 0.15) is 5.75 Å². The first-order chi connectivity index (χ1) is 7.27. The molecule has 3 heteroatoms. The summed E-state index contributed by atoms with van der Waals surface area (Å²) in [5.74, 6) is 0.888. The van der Waals surface area contributed by atoms with Gasteiger partial charge in [0, 0.05) is 17.5 Å². The van der Waals surface area contributed by atoms with Crippen molar-refractivity contribution in [2.75, 3.05) is 13.7 Å². The minimum atomic E-state index is 0.663. The number of fused-ring (bicyclic) bond motifs is 1. The van der Waals surface area contributed by atoms with Crippen LogP contribution in [-0.2, 0) is 6.42 Å². The number of aryl methyl sites for hydroxylation is 1. The predicted octanol–water partition coefficient (Wildman–Crippen LogP) is 1.99. The molecule has 80 valence electrons. The highest BCUT2D eigenvalue weighted by atomic mass is 16.5. The van der Waals surface area contributed by atoms with Gasteiger partial charge >= 0.3 is 0 Å². The standard InChI is InChI=1S/C12H16N2O/c1-8-9-4-3-5-11(15-2)12(9)14-10(8)6-7-13/h3-5,14H,6-7,13H2,1-2H3. The van der Waals surface area contributed by atoms with Crippen LogP contribution in [0.5, 0.6) is 5.75 Å². The van der Waals surface area contributed by atoms with Crippen molar-refractivity contribution in [2.45, 2.75) is 13.3 Å². The lowest BCUT2D eigenvalue weighted by Gasteiger charge is -2.00. The number of nitrogens with one attached hydrogen (secondary N) is 1. The van der Waals surface area contributed by atoms with Crippen LogP contribution in [0.1, 0.15) is 11.3 Å². The molecule has 0 aliphatic rings. The molecule has 0 unspecified atom stereocenters. The van der Waals surface area contributed by atoms with Crippen molar-refractivity contribution >= 4 is 10.9 Å². The largest absolute Gasteiger partial charge is 0.495 e. The fourth-order valence-electron chi connectivity index (χ4n) is 1.94. The Morgan fingerprint density at radius 1 is 1.40 bits per heavy atom. The van der Waals surface area contributed by atoms with E-state index < -0.39 is 0 Å². The Hall–Kier alpha value is -1.48. The Morgan fingerprint density at radius 2 is 2.20 bits per heavy atom. The zero-order valence-electron chi connectivity index (χ0n) is 9.13. The average Bonchev–Trinajstić information content (AvgIpc) is 2.57. The molecule has 1 aromatic carbocycles. The normalized spacial score (nSPS) is 10.9. The molecule has 0 atom stereocenters. The van der Waals surface area contributed by atoms with E-state index in [-0.39, 0.29) is 0 Å². The lowest BCUT2D eigenvalue weighted by atomic mass is 10.1. The van der Waals surface area contributed by atoms with E-state index in [0.29, 0.717) is 6.54 Å². The molecule has 0 bridgehead atoms. The van der Waals surface area contributed by atoms with Gasteiger partial charge in [0.05, 0.1) is 12.6 Å². The number of hydrogen-bond donors (Lipinski definition) is 2. The van der Waals surface area contributed by atoms with E-state index in [2.05, 4.69) is 18.0 Å². The lowest BCUT2D eigenvalue weighted by molar-refractivity contribution is 0.419. The molecular formula is C12H16N2O. The second kappa shape index (κ2) is 3.95. The second-order valence-electron chi connectivity index (χ2n) is 3.65. The molecule has 1 heterocycles. The van der Waals surface area contributed by atoms with E-state index in [9.17, 15) is 0 Å². The number of hydrogen-bond acceptors (Lipinski definition) is 2. The molecule has 0 radical (unpaired) electrons. The van der Waals surface area contributed by atoms with Crippen LogP contribution in [0.25, 0.3) is 10.9 Å². The maximum absolute atomic E-state index is 5.57. The number of methoxy groups -OCH3 is 1. The summed E-state index contributed by atoms with van der Waals surface area (Å²) in [6.07, 6.45) is 0.879. The summed E-state index contributed by atoms with van der Waals surface area (Å²) in [7, 11) is 1.69. The zero-order valence-corrected chi connectivity index (χ0v) is 9.13. The van der Waals surface area contributed by atoms with Gasteiger partial charge in [-0.2, -0.15) is 0 Å². The van der Waals surface area contributed by atoms with Crippen LogP contribution in [0.2, 0.25) is 0 Å². The number of H-pyrrole nitrogens is 1. The van der Waals surface area contributed by atoms with Crippen molar-refractivity contribution in [3.8, 4) is 5.75 Å². The number of rotatable bonds is 3. The first-order valence-corrected chi connectivity index (χ1v) is 5.12. The molecule has 0 saturated carbocycles. The van der Waals surface area contributed by atoms with E-state index in [1.54, 1.807) is 7.11 Å². The van der Waals surface area contributed by atoms with Gasteiger partial charge < -0.3 is 15.5 Å². The zero-order chi connectivity index (χ0) is 10.8. The summed E-state index contributed by atoms with van der Waals surface area (Å²) in [4.78, 5) is 3.38. The summed E-state index contributed by atoms with van der Waals surface area (Å²) in [6.45, 7) is 2.78. The Bertz CT molecular complexity index is 474. The fraction of sp³-hybridized carbons (Fsp3) is 0.333. The average molecular weight is 204 g/mol. The molecule has 0 fully saturated rings. The van der Waals surface area contributed by atoms with Gasteiger partial charge in [-0.3, -0.25) is 0 Å². The topological polar surface area (TPSA) is 51.0 Å². The summed E-state index contributed by atoms with van der Waals surface area (Å²) in [5, 5.41) is 1.22. The summed E-state index contributed by atoms with van der Waals surface area (Å²) >= 11 is 0. The smallest absolute Gasteiger partial charge is 0.142 e. The van der Waals surface area contributed by atoms with Crippen LogP contribution in [-0.4, -0.2) is 18.6 Å². The highest BCUT2D eigenvalue weighted by Gasteiger charge is 2.09. The van der Waals surface area contributed by atoms with Crippen molar-refractivity contribution < 1.29 is 4.74 Å². The van der Waals surface area contributed by atoms with Gasteiger partial charge in [-0.1, -0.05) is 12.1 Å². The minimum Gasteiger partial charge on any atom is -0.495 e. The van der Waals surface area contributed by atoms with E-state index in [4.69, 9.17) is 10.5 Å². The van der Waals surface area contributed by atoms with Crippen molar-refractivity contribution in [3.05, 3.63) is 29.5 Å². The lowest BCUT2D eigenvalue weighted by Crippen LogP contribution is -2.03. The number of benzene rings is 1. The molecule has 0 aliphatic carbocycles. The molecule has 2 rings (SSSR count). The minimum absolute atomic E-state index is 0.663. The maximum Gasteiger partial charge on any atom is 0.142 e. The summed E-state index contributed by atoms with van der Waals surface area (Å²) in [5.41, 5.74) is 9.12. The van der Waals surface area contributed by atoms with Crippen LogP contribution in [0, 0.1) is 6.92 Å². The number of nitrogens with two attached hydrogens (primary N) is 1. The van der Waals surface area contributed by atoms with Gasteiger partial charge in [0.15, 0.2) is 0 Å². The Kier molecular flexibility index (Phi) is 2.64. The van der Waals surface area contributed by atoms with Crippen molar-refractivity contribution in [3.63, 3.8) is 0 Å². The molecule has 0 spiro atoms. The number of aromatic amines is 1. The van der Waals surface area contributed by atoms with E-state index in [1.165, 1.54) is 16.6 Å². The van der Waals surface area contributed by atoms with Crippen LogP contribution in [0.4, 0.5) is 0 Å². The molecular weight excluding hydrogens is 188 g/mol. The van der Waals surface area contributed by atoms with Crippen LogP contribution in [0.15, 0.2) is 18.2 Å². The van der Waals surface area contributed by atoms with Crippen LogP contribution >= 0.6 is 0 Å². The van der Waals surface area contributed by atoms with Gasteiger partial charge in [-0.25, -0.2) is 0 Å². The van der Waals surface area contributed by atoms with Gasteiger partial charge in [-0.05, 0) is 25.1 Å². The molecule has 0 aliphatic heterocycles. The third-order valence-corrected chi connectivity index (χ3v) is 2.77. The highest BCUT2D eigenvalue weighted by Crippen LogP contribution is 2.29. The maximum atomic E-state index is 5.57. The highest BCUT2D eigenvalue weighted by molar-refractivity contribution is 5.89. The van der Waals surface area contributed by atoms with E-state index in [0.717, 1.165) is 17.7 Å². The van der Waals surface area contributed by atoms with Gasteiger partial charge in [-0.15, -0.1) is 0 Å². The van der Waals surface area contributed by atoms with Crippen molar-refractivity contribution in [2.24, 2.45) is 5.73 Å². The Morgan fingerprint density at radius 3 is 2.87 bits per heavy atom. The SMILES string of the molecule is COc1cccc2c(C)c(CCN)[nH]c12. The van der Waals surface area contributed by atoms with Crippen molar-refractivity contribution in [1.29, 1.82) is 0 Å². The third-order valence-electron chi connectivity index (χ3n) is 2.77. The predicted molar refractivity (Wildman–Crippen MR) is 62.3 cm³/mol. The number of para-hydroxylation sites is 1. The molecule has 0 amide bonds. The van der Waals surface area contributed by atoms with E-state index in [1.807, 2.05) is 12.1 Å². The van der Waals surface area contributed by atoms with Crippen LogP contribution in [0.3, 0.4) is 0 Å². The molecule has 15 heavy (non-hydrogen) atoms. The van der Waals surface area contributed by atoms with Crippen molar-refractivity contribution in [1.82, 2.24) is 4.98 Å². The Labute approximate surface area is 89.2 Å². The fourth-order valence-corrected chi connectivity index (χ4v) is 1.94. The molecule has 3 nitrogen and oxygen atoms in total. The number of aromatic nitrogens is 1. The first-order valence-electron chi connectivity index (χ1n) is 5.12. The third kappa shape index (κ3) is 1.59.